The summed E-state index contributed by atoms with van der Waals surface area (Å²) in [7, 11) is 1.64. The van der Waals surface area contributed by atoms with Crippen LogP contribution in [-0.4, -0.2) is 19.1 Å². The fraction of sp³-hybridized carbons (Fsp3) is 0.200. The van der Waals surface area contributed by atoms with Gasteiger partial charge in [0, 0.05) is 18.0 Å². The minimum Gasteiger partial charge on any atom is -0.496 e. The van der Waals surface area contributed by atoms with Crippen molar-refractivity contribution in [2.75, 3.05) is 7.11 Å². The summed E-state index contributed by atoms with van der Waals surface area (Å²) in [5, 5.41) is 3.40. The van der Waals surface area contributed by atoms with E-state index in [4.69, 9.17) is 9.15 Å². The van der Waals surface area contributed by atoms with Crippen molar-refractivity contribution in [3.05, 3.63) is 76.1 Å². The zero-order valence-corrected chi connectivity index (χ0v) is 13.7. The van der Waals surface area contributed by atoms with Crippen LogP contribution in [0.25, 0.3) is 11.0 Å². The molecule has 3 aromatic rings. The van der Waals surface area contributed by atoms with Crippen LogP contribution in [-0.2, 0) is 0 Å². The minimum atomic E-state index is -0.370. The summed E-state index contributed by atoms with van der Waals surface area (Å²) >= 11 is 0. The predicted octanol–water partition coefficient (Wildman–Crippen LogP) is 3.09. The van der Waals surface area contributed by atoms with Crippen LogP contribution in [0.1, 0.15) is 28.5 Å². The lowest BCUT2D eigenvalue weighted by Gasteiger charge is -2.08. The van der Waals surface area contributed by atoms with Crippen LogP contribution in [0.4, 0.5) is 0 Å². The van der Waals surface area contributed by atoms with Gasteiger partial charge in [0.25, 0.3) is 5.91 Å². The van der Waals surface area contributed by atoms with E-state index in [2.05, 4.69) is 5.32 Å². The number of para-hydroxylation sites is 2. The van der Waals surface area contributed by atoms with E-state index in [1.165, 1.54) is 6.07 Å². The summed E-state index contributed by atoms with van der Waals surface area (Å²) in [6.07, 6.45) is 0.837. The number of hydrogen-bond acceptors (Lipinski definition) is 4. The highest BCUT2D eigenvalue weighted by molar-refractivity contribution is 5.93. The van der Waals surface area contributed by atoms with E-state index < -0.39 is 0 Å². The molecule has 2 atom stereocenters. The molecule has 1 saturated carbocycles. The first-order chi connectivity index (χ1) is 12.2. The Balaban J connectivity index is 1.53. The fourth-order valence-corrected chi connectivity index (χ4v) is 3.13. The smallest absolute Gasteiger partial charge is 0.287 e. The summed E-state index contributed by atoms with van der Waals surface area (Å²) in [5.41, 5.74) is 1.27. The number of benzene rings is 2. The Labute approximate surface area is 144 Å². The third kappa shape index (κ3) is 2.89. The highest BCUT2D eigenvalue weighted by Crippen LogP contribution is 2.44. The van der Waals surface area contributed by atoms with Crippen LogP contribution in [0.3, 0.4) is 0 Å². The van der Waals surface area contributed by atoms with E-state index in [0.29, 0.717) is 11.0 Å². The normalized spacial score (nSPS) is 18.8. The summed E-state index contributed by atoms with van der Waals surface area (Å²) in [5.74, 6) is 0.702. The van der Waals surface area contributed by atoms with Crippen molar-refractivity contribution in [2.24, 2.45) is 0 Å². The number of rotatable bonds is 4. The molecule has 0 bridgehead atoms. The van der Waals surface area contributed by atoms with Crippen LogP contribution < -0.4 is 15.5 Å². The lowest BCUT2D eigenvalue weighted by molar-refractivity contribution is 0.0923. The molecule has 126 valence electrons. The molecule has 2 unspecified atom stereocenters. The molecule has 1 amide bonds. The third-order valence-corrected chi connectivity index (χ3v) is 4.50. The molecular weight excluding hydrogens is 318 g/mol. The van der Waals surface area contributed by atoms with Gasteiger partial charge in [0.2, 0.25) is 0 Å². The van der Waals surface area contributed by atoms with E-state index in [1.54, 1.807) is 31.4 Å². The van der Waals surface area contributed by atoms with Crippen molar-refractivity contribution in [2.45, 2.75) is 18.4 Å². The number of methoxy groups -OCH3 is 1. The highest BCUT2D eigenvalue weighted by atomic mass is 16.5. The molecule has 25 heavy (non-hydrogen) atoms. The van der Waals surface area contributed by atoms with Gasteiger partial charge in [0.15, 0.2) is 11.2 Å². The Kier molecular flexibility index (Phi) is 3.76. The van der Waals surface area contributed by atoms with Crippen LogP contribution >= 0.6 is 0 Å². The Morgan fingerprint density at radius 1 is 1.16 bits per heavy atom. The van der Waals surface area contributed by atoms with Crippen molar-refractivity contribution in [1.82, 2.24) is 5.32 Å². The maximum absolute atomic E-state index is 12.4. The van der Waals surface area contributed by atoms with Gasteiger partial charge in [0.1, 0.15) is 11.3 Å². The standard InChI is InChI=1S/C20H17NO4/c1-24-17-8-4-2-6-12(17)14-10-15(14)21-20(23)19-11-16(22)13-7-3-5-9-18(13)25-19/h2-9,11,14-15H,10H2,1H3,(H,21,23). The maximum Gasteiger partial charge on any atom is 0.287 e. The van der Waals surface area contributed by atoms with E-state index in [0.717, 1.165) is 17.7 Å². The molecule has 2 aromatic carbocycles. The number of amides is 1. The van der Waals surface area contributed by atoms with Gasteiger partial charge in [-0.25, -0.2) is 0 Å². The van der Waals surface area contributed by atoms with Gasteiger partial charge in [0.05, 0.1) is 12.5 Å². The highest BCUT2D eigenvalue weighted by Gasteiger charge is 2.41. The first-order valence-electron chi connectivity index (χ1n) is 8.14. The van der Waals surface area contributed by atoms with Crippen LogP contribution in [0.2, 0.25) is 0 Å². The van der Waals surface area contributed by atoms with Crippen LogP contribution in [0, 0.1) is 0 Å². The number of fused-ring (bicyclic) bond motifs is 1. The summed E-state index contributed by atoms with van der Waals surface area (Å²) < 4.78 is 11.0. The molecule has 4 rings (SSSR count). The van der Waals surface area contributed by atoms with Crippen molar-refractivity contribution in [1.29, 1.82) is 0 Å². The SMILES string of the molecule is COc1ccccc1C1CC1NC(=O)c1cc(=O)c2ccccc2o1. The second-order valence-corrected chi connectivity index (χ2v) is 6.14. The predicted molar refractivity (Wildman–Crippen MR) is 94.1 cm³/mol. The lowest BCUT2D eigenvalue weighted by Crippen LogP contribution is -2.27. The quantitative estimate of drug-likeness (QED) is 0.795. The van der Waals surface area contributed by atoms with Crippen LogP contribution in [0.15, 0.2) is 63.8 Å². The zero-order chi connectivity index (χ0) is 17.4. The Bertz CT molecular complexity index is 1010. The molecule has 5 nitrogen and oxygen atoms in total. The largest absolute Gasteiger partial charge is 0.496 e. The molecule has 1 aliphatic rings. The molecular formula is C20H17NO4. The van der Waals surface area contributed by atoms with E-state index >= 15 is 0 Å². The number of ether oxygens (including phenoxy) is 1. The van der Waals surface area contributed by atoms with Gasteiger partial charge in [-0.05, 0) is 30.2 Å². The van der Waals surface area contributed by atoms with Gasteiger partial charge in [-0.2, -0.15) is 0 Å². The summed E-state index contributed by atoms with van der Waals surface area (Å²) in [6.45, 7) is 0. The fourth-order valence-electron chi connectivity index (χ4n) is 3.13. The minimum absolute atomic E-state index is 0.0144. The van der Waals surface area contributed by atoms with Gasteiger partial charge in [-0.3, -0.25) is 9.59 Å². The second kappa shape index (κ2) is 6.09. The summed E-state index contributed by atoms with van der Waals surface area (Å²) in [4.78, 5) is 24.6. The Morgan fingerprint density at radius 3 is 2.76 bits per heavy atom. The molecule has 0 aliphatic heterocycles. The molecule has 1 N–H and O–H groups in total. The number of nitrogens with one attached hydrogen (secondary N) is 1. The Morgan fingerprint density at radius 2 is 1.92 bits per heavy atom. The van der Waals surface area contributed by atoms with E-state index in [9.17, 15) is 9.59 Å². The average molecular weight is 335 g/mol. The molecule has 5 heteroatoms. The van der Waals surface area contributed by atoms with Crippen molar-refractivity contribution in [3.8, 4) is 5.75 Å². The maximum atomic E-state index is 12.4. The van der Waals surface area contributed by atoms with Crippen molar-refractivity contribution in [3.63, 3.8) is 0 Å². The third-order valence-electron chi connectivity index (χ3n) is 4.50. The summed E-state index contributed by atoms with van der Waals surface area (Å²) in [6, 6.07) is 16.0. The molecule has 0 spiro atoms. The molecule has 1 aromatic heterocycles. The first-order valence-corrected chi connectivity index (χ1v) is 8.14. The molecule has 1 aliphatic carbocycles. The van der Waals surface area contributed by atoms with Gasteiger partial charge in [-0.15, -0.1) is 0 Å². The van der Waals surface area contributed by atoms with Gasteiger partial charge < -0.3 is 14.5 Å². The molecule has 1 fully saturated rings. The van der Waals surface area contributed by atoms with Gasteiger partial charge in [-0.1, -0.05) is 30.3 Å². The average Bonchev–Trinajstić information content (AvgIpc) is 3.40. The lowest BCUT2D eigenvalue weighted by atomic mass is 10.1. The number of carbonyl (C=O) groups is 1. The van der Waals surface area contributed by atoms with Crippen molar-refractivity contribution < 1.29 is 13.9 Å². The van der Waals surface area contributed by atoms with E-state index in [-0.39, 0.29) is 29.1 Å². The van der Waals surface area contributed by atoms with Crippen molar-refractivity contribution >= 4 is 16.9 Å². The molecule has 0 radical (unpaired) electrons. The molecule has 0 saturated heterocycles. The first kappa shape index (κ1) is 15.4. The molecule has 1 heterocycles. The Hall–Kier alpha value is -3.08. The zero-order valence-electron chi connectivity index (χ0n) is 13.7. The number of hydrogen-bond donors (Lipinski definition) is 1. The van der Waals surface area contributed by atoms with E-state index in [1.807, 2.05) is 24.3 Å². The topological polar surface area (TPSA) is 68.5 Å². The monoisotopic (exact) mass is 335 g/mol. The second-order valence-electron chi connectivity index (χ2n) is 6.14. The van der Waals surface area contributed by atoms with Gasteiger partial charge >= 0.3 is 0 Å². The number of carbonyl (C=O) groups excluding carboxylic acids is 1. The van der Waals surface area contributed by atoms with Crippen LogP contribution in [0.5, 0.6) is 5.75 Å².